The fraction of sp³-hybridized carbons (Fsp3) is 0.600. The maximum absolute atomic E-state index is 11.8. The third-order valence-corrected chi connectivity index (χ3v) is 4.06. The molecule has 0 spiro atoms. The zero-order chi connectivity index (χ0) is 18.5. The SMILES string of the molecule is CCNC(=NCCC(=O)NC(C)CC)NC(C)CCc1ccccc1. The Hall–Kier alpha value is -2.04. The second-order valence-electron chi connectivity index (χ2n) is 6.46. The molecule has 2 atom stereocenters. The summed E-state index contributed by atoms with van der Waals surface area (Å²) in [5.41, 5.74) is 1.35. The number of guanidine groups is 1. The lowest BCUT2D eigenvalue weighted by atomic mass is 10.1. The van der Waals surface area contributed by atoms with E-state index in [0.29, 0.717) is 19.0 Å². The summed E-state index contributed by atoms with van der Waals surface area (Å²) in [6.07, 6.45) is 3.42. The van der Waals surface area contributed by atoms with Gasteiger partial charge >= 0.3 is 0 Å². The lowest BCUT2D eigenvalue weighted by molar-refractivity contribution is -0.121. The maximum atomic E-state index is 11.8. The number of rotatable bonds is 10. The third-order valence-electron chi connectivity index (χ3n) is 4.06. The number of hydrogen-bond acceptors (Lipinski definition) is 2. The first kappa shape index (κ1) is 21.0. The Morgan fingerprint density at radius 1 is 1.08 bits per heavy atom. The topological polar surface area (TPSA) is 65.5 Å². The molecule has 1 rings (SSSR count). The first-order chi connectivity index (χ1) is 12.0. The first-order valence-electron chi connectivity index (χ1n) is 9.43. The molecule has 0 aliphatic rings. The summed E-state index contributed by atoms with van der Waals surface area (Å²) in [6.45, 7) is 9.57. The number of amides is 1. The van der Waals surface area contributed by atoms with Gasteiger partial charge in [0.2, 0.25) is 5.91 Å². The molecule has 0 heterocycles. The molecule has 1 aromatic carbocycles. The number of aryl methyl sites for hydroxylation is 1. The van der Waals surface area contributed by atoms with Crippen molar-refractivity contribution in [1.29, 1.82) is 0 Å². The summed E-state index contributed by atoms with van der Waals surface area (Å²) >= 11 is 0. The molecule has 3 N–H and O–H groups in total. The number of aliphatic imine (C=N–C) groups is 1. The van der Waals surface area contributed by atoms with Crippen LogP contribution in [0.2, 0.25) is 0 Å². The molecular formula is C20H34N4O. The van der Waals surface area contributed by atoms with Gasteiger partial charge in [-0.05, 0) is 45.6 Å². The number of carbonyl (C=O) groups excluding carboxylic acids is 1. The zero-order valence-electron chi connectivity index (χ0n) is 16.1. The van der Waals surface area contributed by atoms with Crippen LogP contribution in [0.25, 0.3) is 0 Å². The van der Waals surface area contributed by atoms with Crippen LogP contribution in [0.15, 0.2) is 35.3 Å². The van der Waals surface area contributed by atoms with Crippen LogP contribution in [0.3, 0.4) is 0 Å². The average molecular weight is 347 g/mol. The molecular weight excluding hydrogens is 312 g/mol. The van der Waals surface area contributed by atoms with Crippen molar-refractivity contribution in [3.63, 3.8) is 0 Å². The Bertz CT molecular complexity index is 516. The molecule has 0 aliphatic carbocycles. The Balaban J connectivity index is 2.39. The van der Waals surface area contributed by atoms with E-state index in [0.717, 1.165) is 31.8 Å². The number of benzene rings is 1. The van der Waals surface area contributed by atoms with Gasteiger partial charge in [0.25, 0.3) is 0 Å². The van der Waals surface area contributed by atoms with E-state index in [9.17, 15) is 4.79 Å². The van der Waals surface area contributed by atoms with Gasteiger partial charge in [-0.2, -0.15) is 0 Å². The van der Waals surface area contributed by atoms with Gasteiger partial charge < -0.3 is 16.0 Å². The van der Waals surface area contributed by atoms with Gasteiger partial charge in [0.1, 0.15) is 0 Å². The number of nitrogens with one attached hydrogen (secondary N) is 3. The van der Waals surface area contributed by atoms with Crippen molar-refractivity contribution in [2.75, 3.05) is 13.1 Å². The van der Waals surface area contributed by atoms with E-state index in [2.05, 4.69) is 59.1 Å². The largest absolute Gasteiger partial charge is 0.357 e. The molecule has 0 saturated heterocycles. The van der Waals surface area contributed by atoms with Crippen LogP contribution in [-0.2, 0) is 11.2 Å². The number of carbonyl (C=O) groups is 1. The molecule has 5 heteroatoms. The molecule has 1 aromatic rings. The maximum Gasteiger partial charge on any atom is 0.222 e. The van der Waals surface area contributed by atoms with Crippen molar-refractivity contribution in [2.24, 2.45) is 4.99 Å². The molecule has 2 unspecified atom stereocenters. The minimum Gasteiger partial charge on any atom is -0.357 e. The van der Waals surface area contributed by atoms with Gasteiger partial charge in [-0.3, -0.25) is 9.79 Å². The normalized spacial score (nSPS) is 13.8. The lowest BCUT2D eigenvalue weighted by Crippen LogP contribution is -2.42. The predicted molar refractivity (Wildman–Crippen MR) is 106 cm³/mol. The van der Waals surface area contributed by atoms with Crippen molar-refractivity contribution in [1.82, 2.24) is 16.0 Å². The van der Waals surface area contributed by atoms with E-state index in [-0.39, 0.29) is 11.9 Å². The van der Waals surface area contributed by atoms with E-state index >= 15 is 0 Å². The molecule has 0 fully saturated rings. The Labute approximate surface area is 152 Å². The summed E-state index contributed by atoms with van der Waals surface area (Å²) in [5, 5.41) is 9.63. The van der Waals surface area contributed by atoms with E-state index in [4.69, 9.17) is 0 Å². The van der Waals surface area contributed by atoms with Crippen LogP contribution in [0.1, 0.15) is 52.5 Å². The third kappa shape index (κ3) is 9.75. The van der Waals surface area contributed by atoms with Gasteiger partial charge in [0.15, 0.2) is 5.96 Å². The molecule has 0 radical (unpaired) electrons. The lowest BCUT2D eigenvalue weighted by Gasteiger charge is -2.18. The van der Waals surface area contributed by atoms with Crippen molar-refractivity contribution in [3.05, 3.63) is 35.9 Å². The van der Waals surface area contributed by atoms with E-state index < -0.39 is 0 Å². The molecule has 25 heavy (non-hydrogen) atoms. The van der Waals surface area contributed by atoms with Gasteiger partial charge in [0, 0.05) is 25.0 Å². The second kappa shape index (κ2) is 12.3. The summed E-state index contributed by atoms with van der Waals surface area (Å²) in [4.78, 5) is 16.3. The summed E-state index contributed by atoms with van der Waals surface area (Å²) in [6, 6.07) is 11.0. The standard InChI is InChI=1S/C20H34N4O/c1-5-16(3)23-19(25)14-15-22-20(21-6-2)24-17(4)12-13-18-10-8-7-9-11-18/h7-11,16-17H,5-6,12-15H2,1-4H3,(H,23,25)(H2,21,22,24). The minimum absolute atomic E-state index is 0.0612. The number of hydrogen-bond donors (Lipinski definition) is 3. The molecule has 0 saturated carbocycles. The zero-order valence-corrected chi connectivity index (χ0v) is 16.1. The minimum atomic E-state index is 0.0612. The average Bonchev–Trinajstić information content (AvgIpc) is 2.60. The fourth-order valence-electron chi connectivity index (χ4n) is 2.37. The first-order valence-corrected chi connectivity index (χ1v) is 9.43. The highest BCUT2D eigenvalue weighted by atomic mass is 16.1. The van der Waals surface area contributed by atoms with Crippen molar-refractivity contribution >= 4 is 11.9 Å². The van der Waals surface area contributed by atoms with Crippen LogP contribution >= 0.6 is 0 Å². The Morgan fingerprint density at radius 3 is 2.44 bits per heavy atom. The smallest absolute Gasteiger partial charge is 0.222 e. The molecule has 0 aromatic heterocycles. The Morgan fingerprint density at radius 2 is 1.80 bits per heavy atom. The molecule has 1 amide bonds. The highest BCUT2D eigenvalue weighted by Gasteiger charge is 2.07. The van der Waals surface area contributed by atoms with Gasteiger partial charge in [-0.1, -0.05) is 37.3 Å². The van der Waals surface area contributed by atoms with Crippen molar-refractivity contribution < 1.29 is 4.79 Å². The summed E-state index contributed by atoms with van der Waals surface area (Å²) in [5.74, 6) is 0.838. The predicted octanol–water partition coefficient (Wildman–Crippen LogP) is 2.87. The van der Waals surface area contributed by atoms with Gasteiger partial charge in [-0.25, -0.2) is 0 Å². The molecule has 0 aliphatic heterocycles. The van der Waals surface area contributed by atoms with Gasteiger partial charge in [0.05, 0.1) is 6.54 Å². The van der Waals surface area contributed by atoms with Crippen LogP contribution in [0.4, 0.5) is 0 Å². The summed E-state index contributed by atoms with van der Waals surface area (Å²) < 4.78 is 0. The van der Waals surface area contributed by atoms with Crippen LogP contribution in [0.5, 0.6) is 0 Å². The van der Waals surface area contributed by atoms with Crippen LogP contribution < -0.4 is 16.0 Å². The highest BCUT2D eigenvalue weighted by molar-refractivity contribution is 5.81. The van der Waals surface area contributed by atoms with Crippen LogP contribution in [0, 0.1) is 0 Å². The number of nitrogens with zero attached hydrogens (tertiary/aromatic N) is 1. The van der Waals surface area contributed by atoms with Crippen LogP contribution in [-0.4, -0.2) is 37.0 Å². The quantitative estimate of drug-likeness (QED) is 0.451. The van der Waals surface area contributed by atoms with Gasteiger partial charge in [-0.15, -0.1) is 0 Å². The molecule has 0 bridgehead atoms. The van der Waals surface area contributed by atoms with Crippen molar-refractivity contribution in [2.45, 2.75) is 65.5 Å². The fourth-order valence-corrected chi connectivity index (χ4v) is 2.37. The molecule has 140 valence electrons. The highest BCUT2D eigenvalue weighted by Crippen LogP contribution is 2.04. The van der Waals surface area contributed by atoms with Crippen molar-refractivity contribution in [3.8, 4) is 0 Å². The Kier molecular flexibility index (Phi) is 10.4. The molecule has 5 nitrogen and oxygen atoms in total. The van der Waals surface area contributed by atoms with E-state index in [1.165, 1.54) is 5.56 Å². The summed E-state index contributed by atoms with van der Waals surface area (Å²) in [7, 11) is 0. The second-order valence-corrected chi connectivity index (χ2v) is 6.46. The van der Waals surface area contributed by atoms with E-state index in [1.807, 2.05) is 19.9 Å². The monoisotopic (exact) mass is 346 g/mol. The van der Waals surface area contributed by atoms with E-state index in [1.54, 1.807) is 0 Å².